The largest absolute Gasteiger partial charge is 0.480 e. The van der Waals surface area contributed by atoms with Crippen molar-refractivity contribution in [1.82, 2.24) is 0 Å². The smallest absolute Gasteiger partial charge is 0.323 e. The maximum Gasteiger partial charge on any atom is 0.323 e. The summed E-state index contributed by atoms with van der Waals surface area (Å²) in [6.07, 6.45) is 0. The van der Waals surface area contributed by atoms with Gasteiger partial charge in [-0.15, -0.1) is 0 Å². The van der Waals surface area contributed by atoms with Crippen molar-refractivity contribution in [2.45, 2.75) is 0 Å². The molecule has 0 radical (unpaired) electrons. The van der Waals surface area contributed by atoms with E-state index in [1.807, 2.05) is 0 Å². The van der Waals surface area contributed by atoms with Crippen LogP contribution in [0.25, 0.3) is 0 Å². The molecule has 0 atom stereocenters. The average molecular weight is 324 g/mol. The van der Waals surface area contributed by atoms with Crippen LogP contribution in [0.4, 0.5) is 5.69 Å². The summed E-state index contributed by atoms with van der Waals surface area (Å²) in [6, 6.07) is 12.6. The summed E-state index contributed by atoms with van der Waals surface area (Å²) in [5.74, 6) is -1.52. The van der Waals surface area contributed by atoms with Crippen molar-refractivity contribution in [3.8, 4) is 0 Å². The van der Waals surface area contributed by atoms with Gasteiger partial charge in [-0.1, -0.05) is 23.2 Å². The predicted octanol–water partition coefficient (Wildman–Crippen LogP) is 3.72. The summed E-state index contributed by atoms with van der Waals surface area (Å²) in [6.45, 7) is -0.441. The monoisotopic (exact) mass is 323 g/mol. The molecule has 21 heavy (non-hydrogen) atoms. The maximum atomic E-state index is 12.5. The van der Waals surface area contributed by atoms with Gasteiger partial charge in [0.15, 0.2) is 0 Å². The van der Waals surface area contributed by atoms with Gasteiger partial charge in [-0.3, -0.25) is 14.5 Å². The second-order valence-corrected chi connectivity index (χ2v) is 5.14. The highest BCUT2D eigenvalue weighted by Crippen LogP contribution is 2.21. The Bertz CT molecular complexity index is 654. The van der Waals surface area contributed by atoms with Crippen LogP contribution in [0.1, 0.15) is 10.4 Å². The van der Waals surface area contributed by atoms with E-state index in [-0.39, 0.29) is 0 Å². The number of rotatable bonds is 4. The highest BCUT2D eigenvalue weighted by Gasteiger charge is 2.20. The fraction of sp³-hybridized carbons (Fsp3) is 0.0667. The lowest BCUT2D eigenvalue weighted by atomic mass is 10.2. The molecule has 0 aliphatic carbocycles. The Morgan fingerprint density at radius 1 is 0.905 bits per heavy atom. The number of carboxylic acid groups (broad SMARTS) is 1. The summed E-state index contributed by atoms with van der Waals surface area (Å²) in [5, 5.41) is 10.0. The van der Waals surface area contributed by atoms with Crippen LogP contribution in [0.2, 0.25) is 10.0 Å². The second kappa shape index (κ2) is 6.61. The SMILES string of the molecule is O=C(O)CN(C(=O)c1ccc(Cl)cc1)c1ccc(Cl)cc1. The first-order chi connectivity index (χ1) is 9.97. The number of anilines is 1. The van der Waals surface area contributed by atoms with Crippen LogP contribution in [-0.4, -0.2) is 23.5 Å². The number of amides is 1. The Morgan fingerprint density at radius 2 is 1.38 bits per heavy atom. The molecule has 4 nitrogen and oxygen atoms in total. The molecule has 0 heterocycles. The van der Waals surface area contributed by atoms with Gasteiger partial charge in [-0.25, -0.2) is 0 Å². The van der Waals surface area contributed by atoms with Crippen LogP contribution >= 0.6 is 23.2 Å². The Morgan fingerprint density at radius 3 is 1.86 bits per heavy atom. The molecule has 0 unspecified atom stereocenters. The minimum atomic E-state index is -1.10. The average Bonchev–Trinajstić information content (AvgIpc) is 2.46. The Hall–Kier alpha value is -2.04. The van der Waals surface area contributed by atoms with E-state index < -0.39 is 18.4 Å². The van der Waals surface area contributed by atoms with Crippen LogP contribution in [0.15, 0.2) is 48.5 Å². The van der Waals surface area contributed by atoms with Crippen molar-refractivity contribution in [3.05, 3.63) is 64.1 Å². The first-order valence-corrected chi connectivity index (χ1v) is 6.78. The molecule has 0 aliphatic heterocycles. The van der Waals surface area contributed by atoms with Crippen molar-refractivity contribution in [3.63, 3.8) is 0 Å². The number of hydrogen-bond donors (Lipinski definition) is 1. The highest BCUT2D eigenvalue weighted by atomic mass is 35.5. The molecule has 0 aromatic heterocycles. The molecule has 2 aromatic rings. The lowest BCUT2D eigenvalue weighted by molar-refractivity contribution is -0.135. The van der Waals surface area contributed by atoms with E-state index in [0.717, 1.165) is 0 Å². The molecule has 0 bridgehead atoms. The molecular weight excluding hydrogens is 313 g/mol. The molecule has 0 aliphatic rings. The van der Waals surface area contributed by atoms with Crippen LogP contribution in [0.3, 0.4) is 0 Å². The molecule has 1 N–H and O–H groups in total. The zero-order valence-corrected chi connectivity index (χ0v) is 12.3. The Kier molecular flexibility index (Phi) is 4.83. The topological polar surface area (TPSA) is 57.6 Å². The van der Waals surface area contributed by atoms with Gasteiger partial charge >= 0.3 is 5.97 Å². The second-order valence-electron chi connectivity index (χ2n) is 4.27. The Labute approximate surface area is 131 Å². The maximum absolute atomic E-state index is 12.5. The summed E-state index contributed by atoms with van der Waals surface area (Å²) in [5.41, 5.74) is 0.817. The van der Waals surface area contributed by atoms with Crippen LogP contribution < -0.4 is 4.90 Å². The van der Waals surface area contributed by atoms with E-state index in [1.54, 1.807) is 48.5 Å². The zero-order chi connectivity index (χ0) is 15.4. The molecule has 2 aromatic carbocycles. The standard InChI is InChI=1S/C15H11Cl2NO3/c16-11-3-1-10(2-4-11)15(21)18(9-14(19)20)13-7-5-12(17)6-8-13/h1-8H,9H2,(H,19,20). The summed E-state index contributed by atoms with van der Waals surface area (Å²) >= 11 is 11.6. The molecule has 6 heteroatoms. The lowest BCUT2D eigenvalue weighted by Crippen LogP contribution is -2.35. The molecule has 0 spiro atoms. The van der Waals surface area contributed by atoms with Gasteiger partial charge < -0.3 is 5.11 Å². The quantitative estimate of drug-likeness (QED) is 0.932. The fourth-order valence-electron chi connectivity index (χ4n) is 1.78. The minimum absolute atomic E-state index is 0.357. The Balaban J connectivity index is 2.35. The van der Waals surface area contributed by atoms with Gasteiger partial charge in [0, 0.05) is 21.3 Å². The number of aliphatic carboxylic acids is 1. The van der Waals surface area contributed by atoms with E-state index in [9.17, 15) is 9.59 Å². The number of nitrogens with zero attached hydrogens (tertiary/aromatic N) is 1. The van der Waals surface area contributed by atoms with E-state index in [0.29, 0.717) is 21.3 Å². The van der Waals surface area contributed by atoms with Crippen LogP contribution in [0.5, 0.6) is 0 Å². The number of carbonyl (C=O) groups is 2. The van der Waals surface area contributed by atoms with Crippen LogP contribution in [0, 0.1) is 0 Å². The molecular formula is C15H11Cl2NO3. The third-order valence-electron chi connectivity index (χ3n) is 2.77. The molecule has 0 saturated carbocycles. The van der Waals surface area contributed by atoms with Crippen molar-refractivity contribution in [2.24, 2.45) is 0 Å². The normalized spacial score (nSPS) is 10.2. The lowest BCUT2D eigenvalue weighted by Gasteiger charge is -2.21. The number of hydrogen-bond acceptors (Lipinski definition) is 2. The van der Waals surface area contributed by atoms with Gasteiger partial charge in [0.1, 0.15) is 6.54 Å². The number of carboxylic acids is 1. The van der Waals surface area contributed by atoms with E-state index in [2.05, 4.69) is 0 Å². The van der Waals surface area contributed by atoms with Crippen molar-refractivity contribution >= 4 is 40.8 Å². The van der Waals surface area contributed by atoms with Crippen molar-refractivity contribution in [1.29, 1.82) is 0 Å². The molecule has 108 valence electrons. The van der Waals surface area contributed by atoms with Gasteiger partial charge in [-0.2, -0.15) is 0 Å². The first kappa shape index (κ1) is 15.4. The predicted molar refractivity (Wildman–Crippen MR) is 82.2 cm³/mol. The van der Waals surface area contributed by atoms with E-state index >= 15 is 0 Å². The van der Waals surface area contributed by atoms with E-state index in [4.69, 9.17) is 28.3 Å². The van der Waals surface area contributed by atoms with E-state index in [1.165, 1.54) is 4.90 Å². The fourth-order valence-corrected chi connectivity index (χ4v) is 2.04. The first-order valence-electron chi connectivity index (χ1n) is 6.02. The zero-order valence-electron chi connectivity index (χ0n) is 10.8. The van der Waals surface area contributed by atoms with Gasteiger partial charge in [0.05, 0.1) is 0 Å². The van der Waals surface area contributed by atoms with Gasteiger partial charge in [0.2, 0.25) is 0 Å². The summed E-state index contributed by atoms with van der Waals surface area (Å²) in [7, 11) is 0. The van der Waals surface area contributed by atoms with Crippen molar-refractivity contribution in [2.75, 3.05) is 11.4 Å². The van der Waals surface area contributed by atoms with Crippen molar-refractivity contribution < 1.29 is 14.7 Å². The molecule has 0 fully saturated rings. The number of halogens is 2. The summed E-state index contributed by atoms with van der Waals surface area (Å²) < 4.78 is 0. The third-order valence-corrected chi connectivity index (χ3v) is 3.27. The molecule has 0 saturated heterocycles. The van der Waals surface area contributed by atoms with Crippen LogP contribution in [-0.2, 0) is 4.79 Å². The minimum Gasteiger partial charge on any atom is -0.480 e. The highest BCUT2D eigenvalue weighted by molar-refractivity contribution is 6.31. The third kappa shape index (κ3) is 3.97. The molecule has 2 rings (SSSR count). The summed E-state index contributed by atoms with van der Waals surface area (Å²) in [4.78, 5) is 24.6. The molecule has 1 amide bonds. The number of carbonyl (C=O) groups excluding carboxylic acids is 1. The van der Waals surface area contributed by atoms with Gasteiger partial charge in [0.25, 0.3) is 5.91 Å². The number of benzene rings is 2. The van der Waals surface area contributed by atoms with Gasteiger partial charge in [-0.05, 0) is 48.5 Å².